The van der Waals surface area contributed by atoms with Crippen molar-refractivity contribution in [2.75, 3.05) is 7.11 Å². The topological polar surface area (TPSA) is 116 Å². The molecule has 0 bridgehead atoms. The van der Waals surface area contributed by atoms with Crippen LogP contribution in [0.1, 0.15) is 34.4 Å². The fourth-order valence-electron chi connectivity index (χ4n) is 4.19. The molecular formula is C26H23N5O4. The highest BCUT2D eigenvalue weighted by Crippen LogP contribution is 2.30. The Hall–Kier alpha value is -4.53. The first-order chi connectivity index (χ1) is 17.0. The fraction of sp³-hybridized carbons (Fsp3) is 0.192. The number of carbonyl (C=O) groups excluding carboxylic acids is 1. The molecule has 9 nitrogen and oxygen atoms in total. The summed E-state index contributed by atoms with van der Waals surface area (Å²) >= 11 is 0. The Morgan fingerprint density at radius 1 is 1.06 bits per heavy atom. The molecule has 0 aliphatic carbocycles. The van der Waals surface area contributed by atoms with Crippen molar-refractivity contribution in [1.29, 1.82) is 0 Å². The highest BCUT2D eigenvalue weighted by Gasteiger charge is 2.18. The predicted molar refractivity (Wildman–Crippen MR) is 130 cm³/mol. The van der Waals surface area contributed by atoms with Crippen molar-refractivity contribution in [2.24, 2.45) is 0 Å². The summed E-state index contributed by atoms with van der Waals surface area (Å²) in [5.74, 6) is 0.137. The molecule has 0 aliphatic rings. The zero-order valence-electron chi connectivity index (χ0n) is 19.5. The van der Waals surface area contributed by atoms with Gasteiger partial charge in [-0.15, -0.1) is 0 Å². The number of ether oxygens (including phenoxy) is 1. The smallest absolute Gasteiger partial charge is 0.460 e. The van der Waals surface area contributed by atoms with Gasteiger partial charge < -0.3 is 13.8 Å². The van der Waals surface area contributed by atoms with Gasteiger partial charge in [-0.25, -0.2) is 19.6 Å². The molecular weight excluding hydrogens is 446 g/mol. The number of imidazole rings is 1. The van der Waals surface area contributed by atoms with Crippen LogP contribution < -0.4 is 5.76 Å². The maximum atomic E-state index is 12.1. The maximum Gasteiger partial charge on any atom is 0.460 e. The number of carbonyl (C=O) groups is 1. The number of methoxy groups -OCH3 is 1. The Morgan fingerprint density at radius 2 is 1.80 bits per heavy atom. The number of esters is 1. The van der Waals surface area contributed by atoms with Gasteiger partial charge in [0.15, 0.2) is 17.2 Å². The summed E-state index contributed by atoms with van der Waals surface area (Å²) in [5.41, 5.74) is 6.30. The zero-order chi connectivity index (χ0) is 24.5. The Kier molecular flexibility index (Phi) is 5.74. The van der Waals surface area contributed by atoms with E-state index in [1.54, 1.807) is 6.07 Å². The average Bonchev–Trinajstić information content (AvgIpc) is 3.47. The van der Waals surface area contributed by atoms with Gasteiger partial charge in [0.25, 0.3) is 0 Å². The number of aryl methyl sites for hydroxylation is 2. The molecule has 0 aliphatic heterocycles. The van der Waals surface area contributed by atoms with Crippen molar-refractivity contribution in [3.05, 3.63) is 87.8 Å². The third-order valence-electron chi connectivity index (χ3n) is 5.91. The Labute approximate surface area is 200 Å². The van der Waals surface area contributed by atoms with E-state index < -0.39 is 11.7 Å². The summed E-state index contributed by atoms with van der Waals surface area (Å²) in [7, 11) is 1.35. The molecule has 3 heterocycles. The van der Waals surface area contributed by atoms with Crippen LogP contribution in [-0.4, -0.2) is 37.8 Å². The summed E-state index contributed by atoms with van der Waals surface area (Å²) in [6, 6.07) is 17.5. The predicted octanol–water partition coefficient (Wildman–Crippen LogP) is 4.15. The molecule has 0 saturated carbocycles. The first-order valence-corrected chi connectivity index (χ1v) is 11.2. The second-order valence-electron chi connectivity index (χ2n) is 8.13. The van der Waals surface area contributed by atoms with Gasteiger partial charge in [0.1, 0.15) is 11.3 Å². The van der Waals surface area contributed by atoms with E-state index in [4.69, 9.17) is 14.2 Å². The molecule has 0 atom stereocenters. The Bertz CT molecular complexity index is 1590. The van der Waals surface area contributed by atoms with Crippen molar-refractivity contribution in [3.63, 3.8) is 0 Å². The fourth-order valence-corrected chi connectivity index (χ4v) is 4.19. The number of aromatic amines is 1. The molecule has 9 heteroatoms. The molecule has 0 spiro atoms. The van der Waals surface area contributed by atoms with Crippen LogP contribution in [0.4, 0.5) is 0 Å². The molecule has 5 rings (SSSR count). The van der Waals surface area contributed by atoms with Crippen LogP contribution in [0.5, 0.6) is 0 Å². The van der Waals surface area contributed by atoms with E-state index in [0.717, 1.165) is 45.6 Å². The molecule has 0 amide bonds. The van der Waals surface area contributed by atoms with E-state index >= 15 is 0 Å². The lowest BCUT2D eigenvalue weighted by atomic mass is 9.98. The third kappa shape index (κ3) is 4.12. The van der Waals surface area contributed by atoms with Gasteiger partial charge in [0, 0.05) is 12.0 Å². The molecule has 1 N–H and O–H groups in total. The number of aromatic nitrogens is 5. The lowest BCUT2D eigenvalue weighted by Gasteiger charge is -2.11. The highest BCUT2D eigenvalue weighted by atomic mass is 16.5. The maximum absolute atomic E-state index is 12.1. The zero-order valence-corrected chi connectivity index (χ0v) is 19.5. The number of hydrogen-bond acceptors (Lipinski definition) is 7. The summed E-state index contributed by atoms with van der Waals surface area (Å²) < 4.78 is 11.7. The quantitative estimate of drug-likeness (QED) is 0.371. The molecule has 0 unspecified atom stereocenters. The number of benzene rings is 2. The molecule has 35 heavy (non-hydrogen) atoms. The molecule has 5 aromatic rings. The summed E-state index contributed by atoms with van der Waals surface area (Å²) in [5, 5.41) is 2.58. The minimum Gasteiger partial charge on any atom is -0.464 e. The van der Waals surface area contributed by atoms with Gasteiger partial charge in [-0.3, -0.25) is 0 Å². The van der Waals surface area contributed by atoms with Gasteiger partial charge in [0.2, 0.25) is 0 Å². The van der Waals surface area contributed by atoms with E-state index in [1.807, 2.05) is 66.9 Å². The normalized spacial score (nSPS) is 11.2. The lowest BCUT2D eigenvalue weighted by molar-refractivity contribution is 0.0594. The minimum atomic E-state index is -0.663. The lowest BCUT2D eigenvalue weighted by Crippen LogP contribution is -2.09. The van der Waals surface area contributed by atoms with E-state index in [1.165, 1.54) is 7.11 Å². The van der Waals surface area contributed by atoms with Gasteiger partial charge in [0.05, 0.1) is 13.7 Å². The standard InChI is InChI=1S/C26H23N5O4/c1-4-21-28-22-15(2)13-20(25(32)34-3)27-24(22)31(21)14-16-9-11-17(12-10-16)18-7-5-6-8-19(18)23-29-26(33)35-30-23/h5-13H,4,14H2,1-3H3,(H,29,30,33). The average molecular weight is 470 g/mol. The van der Waals surface area contributed by atoms with Crippen LogP contribution in [0.15, 0.2) is 63.9 Å². The molecule has 3 aromatic heterocycles. The van der Waals surface area contributed by atoms with Crippen molar-refractivity contribution in [2.45, 2.75) is 26.8 Å². The van der Waals surface area contributed by atoms with Crippen LogP contribution in [-0.2, 0) is 17.7 Å². The monoisotopic (exact) mass is 469 g/mol. The summed E-state index contributed by atoms with van der Waals surface area (Å²) in [6.45, 7) is 4.51. The number of rotatable bonds is 6. The molecule has 2 aromatic carbocycles. The number of pyridine rings is 1. The molecule has 0 radical (unpaired) electrons. The Morgan fingerprint density at radius 3 is 2.46 bits per heavy atom. The van der Waals surface area contributed by atoms with Gasteiger partial charge in [-0.2, -0.15) is 10.1 Å². The molecule has 0 saturated heterocycles. The van der Waals surface area contributed by atoms with Crippen LogP contribution in [0.3, 0.4) is 0 Å². The number of hydrogen-bond donors (Lipinski definition) is 1. The highest BCUT2D eigenvalue weighted by molar-refractivity contribution is 5.91. The molecule has 0 fully saturated rings. The van der Waals surface area contributed by atoms with Gasteiger partial charge in [-0.05, 0) is 35.2 Å². The van der Waals surface area contributed by atoms with Crippen LogP contribution in [0, 0.1) is 6.92 Å². The van der Waals surface area contributed by atoms with E-state index in [2.05, 4.69) is 15.1 Å². The molecule has 176 valence electrons. The SMILES string of the molecule is CCc1nc2c(C)cc(C(=O)OC)nc2n1Cc1ccc(-c2ccccc2-c2nc(=O)o[nH]2)cc1. The van der Waals surface area contributed by atoms with E-state index in [0.29, 0.717) is 18.0 Å². The van der Waals surface area contributed by atoms with Crippen LogP contribution in [0.2, 0.25) is 0 Å². The van der Waals surface area contributed by atoms with Crippen LogP contribution in [0.25, 0.3) is 33.7 Å². The van der Waals surface area contributed by atoms with E-state index in [9.17, 15) is 9.59 Å². The number of H-pyrrole nitrogens is 1. The number of nitrogens with one attached hydrogen (secondary N) is 1. The van der Waals surface area contributed by atoms with Gasteiger partial charge in [-0.1, -0.05) is 55.5 Å². The largest absolute Gasteiger partial charge is 0.464 e. The van der Waals surface area contributed by atoms with Gasteiger partial charge >= 0.3 is 11.7 Å². The van der Waals surface area contributed by atoms with Crippen molar-refractivity contribution < 1.29 is 14.1 Å². The van der Waals surface area contributed by atoms with Crippen molar-refractivity contribution >= 4 is 17.1 Å². The third-order valence-corrected chi connectivity index (χ3v) is 5.91. The Balaban J connectivity index is 1.51. The first-order valence-electron chi connectivity index (χ1n) is 11.2. The first kappa shape index (κ1) is 22.3. The summed E-state index contributed by atoms with van der Waals surface area (Å²) in [4.78, 5) is 36.7. The van der Waals surface area contributed by atoms with Crippen molar-refractivity contribution in [1.82, 2.24) is 24.7 Å². The van der Waals surface area contributed by atoms with Crippen molar-refractivity contribution in [3.8, 4) is 22.5 Å². The number of fused-ring (bicyclic) bond motifs is 1. The summed E-state index contributed by atoms with van der Waals surface area (Å²) in [6.07, 6.45) is 0.727. The number of nitrogens with zero attached hydrogens (tertiary/aromatic N) is 4. The van der Waals surface area contributed by atoms with E-state index in [-0.39, 0.29) is 5.69 Å². The van der Waals surface area contributed by atoms with Crippen LogP contribution >= 0.6 is 0 Å². The second-order valence-corrected chi connectivity index (χ2v) is 8.13. The minimum absolute atomic E-state index is 0.263. The second kappa shape index (κ2) is 9.02.